The molecule has 0 spiro atoms. The van der Waals surface area contributed by atoms with E-state index in [4.69, 9.17) is 5.73 Å². The quantitative estimate of drug-likeness (QED) is 0.706. The zero-order valence-corrected chi connectivity index (χ0v) is 8.96. The number of amides is 1. The Morgan fingerprint density at radius 2 is 2.00 bits per heavy atom. The van der Waals surface area contributed by atoms with E-state index in [-0.39, 0.29) is 17.8 Å². The van der Waals surface area contributed by atoms with Crippen LogP contribution in [-0.4, -0.2) is 19.0 Å². The van der Waals surface area contributed by atoms with Crippen LogP contribution >= 0.6 is 0 Å². The summed E-state index contributed by atoms with van der Waals surface area (Å²) < 4.78 is 12.6. The highest BCUT2D eigenvalue weighted by atomic mass is 19.1. The molecule has 15 heavy (non-hydrogen) atoms. The molecule has 0 saturated carbocycles. The minimum atomic E-state index is -0.324. The Morgan fingerprint density at radius 3 is 2.47 bits per heavy atom. The molecular weight excluding hydrogens is 195 g/mol. The van der Waals surface area contributed by atoms with Gasteiger partial charge in [-0.2, -0.15) is 0 Å². The molecule has 1 rings (SSSR count). The number of benzene rings is 1. The van der Waals surface area contributed by atoms with Crippen molar-refractivity contribution in [1.82, 2.24) is 0 Å². The van der Waals surface area contributed by atoms with Crippen LogP contribution in [0.5, 0.6) is 0 Å². The lowest BCUT2D eigenvalue weighted by molar-refractivity contribution is -0.908. The Labute approximate surface area is 88.7 Å². The number of quaternary nitrogens is 1. The van der Waals surface area contributed by atoms with Crippen molar-refractivity contribution >= 4 is 5.91 Å². The maximum Gasteiger partial charge on any atom is 0.275 e. The minimum Gasteiger partial charge on any atom is -0.365 e. The fraction of sp³-hybridized carbons (Fsp3) is 0.364. The van der Waals surface area contributed by atoms with Crippen molar-refractivity contribution in [3.8, 4) is 0 Å². The van der Waals surface area contributed by atoms with Gasteiger partial charge in [0, 0.05) is 5.56 Å². The Balaban J connectivity index is 2.62. The zero-order chi connectivity index (χ0) is 11.4. The summed E-state index contributed by atoms with van der Waals surface area (Å²) in [5.74, 6) is -0.575. The summed E-state index contributed by atoms with van der Waals surface area (Å²) in [4.78, 5) is 11.9. The first-order chi connectivity index (χ1) is 7.00. The lowest BCUT2D eigenvalue weighted by atomic mass is 10.2. The van der Waals surface area contributed by atoms with Gasteiger partial charge in [-0.1, -0.05) is 12.1 Å². The summed E-state index contributed by atoms with van der Waals surface area (Å²) >= 11 is 0. The monoisotopic (exact) mass is 211 g/mol. The van der Waals surface area contributed by atoms with E-state index in [9.17, 15) is 9.18 Å². The predicted octanol–water partition coefficient (Wildman–Crippen LogP) is -0.286. The van der Waals surface area contributed by atoms with Crippen LogP contribution in [0.4, 0.5) is 4.39 Å². The van der Waals surface area contributed by atoms with Crippen LogP contribution < -0.4 is 10.6 Å². The third-order valence-corrected chi connectivity index (χ3v) is 2.56. The number of hydrogen-bond acceptors (Lipinski definition) is 1. The third-order valence-electron chi connectivity index (χ3n) is 2.56. The van der Waals surface area contributed by atoms with Gasteiger partial charge in [0.2, 0.25) is 0 Å². The lowest BCUT2D eigenvalue weighted by Gasteiger charge is -2.18. The lowest BCUT2D eigenvalue weighted by Crippen LogP contribution is -3.12. The molecule has 1 aromatic rings. The van der Waals surface area contributed by atoms with Crippen LogP contribution in [0.2, 0.25) is 0 Å². The van der Waals surface area contributed by atoms with Gasteiger partial charge in [0.15, 0.2) is 6.04 Å². The topological polar surface area (TPSA) is 47.5 Å². The molecule has 2 atom stereocenters. The molecule has 1 unspecified atom stereocenters. The van der Waals surface area contributed by atoms with Gasteiger partial charge >= 0.3 is 0 Å². The van der Waals surface area contributed by atoms with Crippen molar-refractivity contribution < 1.29 is 14.1 Å². The molecule has 82 valence electrons. The summed E-state index contributed by atoms with van der Waals surface area (Å²) in [6.07, 6.45) is 0. The number of halogens is 1. The minimum absolute atomic E-state index is 0.241. The molecule has 0 aliphatic rings. The molecule has 0 radical (unpaired) electrons. The average Bonchev–Trinajstić information content (AvgIpc) is 2.20. The summed E-state index contributed by atoms with van der Waals surface area (Å²) in [6.45, 7) is 2.44. The number of carbonyl (C=O) groups excluding carboxylic acids is 1. The third kappa shape index (κ3) is 3.32. The summed E-state index contributed by atoms with van der Waals surface area (Å²) in [6, 6.07) is 6.02. The van der Waals surface area contributed by atoms with Crippen LogP contribution in [0, 0.1) is 5.82 Å². The maximum absolute atomic E-state index is 12.6. The first kappa shape index (κ1) is 11.7. The van der Waals surface area contributed by atoms with E-state index in [1.54, 1.807) is 19.1 Å². The molecule has 3 N–H and O–H groups in total. The molecule has 0 aromatic heterocycles. The number of hydrogen-bond donors (Lipinski definition) is 2. The summed E-state index contributed by atoms with van der Waals surface area (Å²) in [5, 5.41) is 0. The van der Waals surface area contributed by atoms with Gasteiger partial charge in [-0.15, -0.1) is 0 Å². The molecule has 0 fully saturated rings. The van der Waals surface area contributed by atoms with Gasteiger partial charge in [-0.25, -0.2) is 4.39 Å². The molecule has 3 nitrogen and oxygen atoms in total. The van der Waals surface area contributed by atoms with Crippen LogP contribution in [0.25, 0.3) is 0 Å². The van der Waals surface area contributed by atoms with Crippen LogP contribution in [0.3, 0.4) is 0 Å². The second-order valence-electron chi connectivity index (χ2n) is 3.77. The van der Waals surface area contributed by atoms with Gasteiger partial charge in [-0.3, -0.25) is 4.79 Å². The number of carbonyl (C=O) groups is 1. The number of nitrogens with one attached hydrogen (secondary N) is 1. The largest absolute Gasteiger partial charge is 0.365 e. The number of primary amides is 1. The van der Waals surface area contributed by atoms with Gasteiger partial charge < -0.3 is 10.6 Å². The van der Waals surface area contributed by atoms with Crippen molar-refractivity contribution in [2.45, 2.75) is 19.5 Å². The van der Waals surface area contributed by atoms with Crippen molar-refractivity contribution in [3.63, 3.8) is 0 Å². The highest BCUT2D eigenvalue weighted by molar-refractivity contribution is 5.77. The number of nitrogens with two attached hydrogens (primary N) is 1. The molecule has 0 aliphatic heterocycles. The molecule has 0 bridgehead atoms. The van der Waals surface area contributed by atoms with Crippen LogP contribution in [0.1, 0.15) is 12.5 Å². The number of likely N-dealkylation sites (N-methyl/N-ethyl adjacent to an activating group) is 1. The smallest absolute Gasteiger partial charge is 0.275 e. The van der Waals surface area contributed by atoms with Crippen molar-refractivity contribution in [3.05, 3.63) is 35.6 Å². The Kier molecular flexibility index (Phi) is 3.80. The maximum atomic E-state index is 12.6. The van der Waals surface area contributed by atoms with E-state index in [0.29, 0.717) is 6.54 Å². The van der Waals surface area contributed by atoms with Crippen molar-refractivity contribution in [2.24, 2.45) is 5.73 Å². The standard InChI is InChI=1S/C11H15FN2O/c1-8(11(13)15)14(2)7-9-3-5-10(12)6-4-9/h3-6,8H,7H2,1-2H3,(H2,13,15)/p+1/t8-/m0/s1. The van der Waals surface area contributed by atoms with Crippen LogP contribution in [0.15, 0.2) is 24.3 Å². The fourth-order valence-corrected chi connectivity index (χ4v) is 1.32. The highest BCUT2D eigenvalue weighted by Gasteiger charge is 2.18. The van der Waals surface area contributed by atoms with E-state index >= 15 is 0 Å². The SMILES string of the molecule is C[C@@H](C(N)=O)[NH+](C)Cc1ccc(F)cc1. The molecule has 0 aliphatic carbocycles. The molecule has 4 heteroatoms. The van der Waals surface area contributed by atoms with Crippen molar-refractivity contribution in [2.75, 3.05) is 7.05 Å². The molecule has 1 aromatic carbocycles. The second-order valence-corrected chi connectivity index (χ2v) is 3.77. The molecule has 0 heterocycles. The first-order valence-corrected chi connectivity index (χ1v) is 4.86. The molecule has 0 saturated heterocycles. The van der Waals surface area contributed by atoms with Crippen LogP contribution in [-0.2, 0) is 11.3 Å². The highest BCUT2D eigenvalue weighted by Crippen LogP contribution is 2.00. The van der Waals surface area contributed by atoms with E-state index in [1.807, 2.05) is 7.05 Å². The van der Waals surface area contributed by atoms with Crippen molar-refractivity contribution in [1.29, 1.82) is 0 Å². The fourth-order valence-electron chi connectivity index (χ4n) is 1.32. The van der Waals surface area contributed by atoms with Gasteiger partial charge in [0.05, 0.1) is 7.05 Å². The number of rotatable bonds is 4. The normalized spacial score (nSPS) is 14.6. The van der Waals surface area contributed by atoms with E-state index in [0.717, 1.165) is 10.5 Å². The Hall–Kier alpha value is -1.42. The zero-order valence-electron chi connectivity index (χ0n) is 8.96. The first-order valence-electron chi connectivity index (χ1n) is 4.86. The summed E-state index contributed by atoms with van der Waals surface area (Å²) in [7, 11) is 1.89. The Morgan fingerprint density at radius 1 is 1.47 bits per heavy atom. The Bertz CT molecular complexity index is 337. The molecular formula is C11H16FN2O+. The second kappa shape index (κ2) is 4.89. The summed E-state index contributed by atoms with van der Waals surface area (Å²) in [5.41, 5.74) is 6.18. The van der Waals surface area contributed by atoms with E-state index in [1.165, 1.54) is 12.1 Å². The molecule has 1 amide bonds. The predicted molar refractivity (Wildman–Crippen MR) is 55.6 cm³/mol. The van der Waals surface area contributed by atoms with E-state index < -0.39 is 0 Å². The van der Waals surface area contributed by atoms with E-state index in [2.05, 4.69) is 0 Å². The van der Waals surface area contributed by atoms with Gasteiger partial charge in [0.25, 0.3) is 5.91 Å². The van der Waals surface area contributed by atoms with Gasteiger partial charge in [0.1, 0.15) is 12.4 Å². The van der Waals surface area contributed by atoms with Gasteiger partial charge in [-0.05, 0) is 19.1 Å². The average molecular weight is 211 g/mol.